The van der Waals surface area contributed by atoms with Crippen molar-refractivity contribution in [2.45, 2.75) is 91.8 Å². The second-order valence-electron chi connectivity index (χ2n) is 12.0. The Balaban J connectivity index is 2.08. The molecule has 0 saturated carbocycles. The number of benzene rings is 3. The van der Waals surface area contributed by atoms with Crippen molar-refractivity contribution in [3.05, 3.63) is 101 Å². The lowest BCUT2D eigenvalue weighted by molar-refractivity contribution is -0.140. The summed E-state index contributed by atoms with van der Waals surface area (Å²) in [6.45, 7) is 13.7. The Morgan fingerprint density at radius 2 is 1.47 bits per heavy atom. The zero-order valence-electron chi connectivity index (χ0n) is 26.7. The molecule has 2 unspecified atom stereocenters. The van der Waals surface area contributed by atoms with Crippen LogP contribution in [-0.4, -0.2) is 41.0 Å². The van der Waals surface area contributed by atoms with Gasteiger partial charge in [-0.25, -0.2) is 4.79 Å². The molecule has 43 heavy (non-hydrogen) atoms. The molecule has 3 rings (SSSR count). The minimum atomic E-state index is -0.945. The van der Waals surface area contributed by atoms with Gasteiger partial charge in [-0.15, -0.1) is 0 Å². The number of amides is 3. The number of alkyl carbamates (subject to hydrolysis) is 1. The van der Waals surface area contributed by atoms with E-state index in [0.29, 0.717) is 18.5 Å². The number of unbranched alkanes of at least 4 members (excludes halogenated alkanes) is 1. The number of ether oxygens (including phenoxy) is 1. The lowest BCUT2D eigenvalue weighted by Crippen LogP contribution is -2.53. The van der Waals surface area contributed by atoms with Crippen LogP contribution in [0.25, 0.3) is 0 Å². The molecule has 0 fully saturated rings. The van der Waals surface area contributed by atoms with Crippen LogP contribution in [0.5, 0.6) is 0 Å². The van der Waals surface area contributed by atoms with E-state index in [1.165, 1.54) is 0 Å². The van der Waals surface area contributed by atoms with E-state index in [9.17, 15) is 14.4 Å². The Bertz CT molecular complexity index is 1340. The molecule has 3 amide bonds. The van der Waals surface area contributed by atoms with Gasteiger partial charge in [-0.05, 0) is 75.3 Å². The third-order valence-corrected chi connectivity index (χ3v) is 7.30. The Kier molecular flexibility index (Phi) is 11.9. The lowest BCUT2D eigenvalue weighted by atomic mass is 9.98. The number of para-hydroxylation sites is 1. The predicted octanol–water partition coefficient (Wildman–Crippen LogP) is 7.31. The first-order valence-electron chi connectivity index (χ1n) is 15.2. The SMILES string of the molecule is CCCCN(C(=O)C(Cc1ccccc1)NC(=O)OC(C)(C)C)C(C(=O)Nc1c(C)cccc1C)c1ccc(CC)cc1. The number of anilines is 1. The predicted molar refractivity (Wildman–Crippen MR) is 173 cm³/mol. The molecule has 0 spiro atoms. The molecular formula is C36H47N3O4. The molecule has 0 radical (unpaired) electrons. The minimum absolute atomic E-state index is 0.252. The van der Waals surface area contributed by atoms with Gasteiger partial charge in [-0.3, -0.25) is 9.59 Å². The monoisotopic (exact) mass is 585 g/mol. The smallest absolute Gasteiger partial charge is 0.408 e. The van der Waals surface area contributed by atoms with E-state index < -0.39 is 23.8 Å². The summed E-state index contributed by atoms with van der Waals surface area (Å²) in [6, 6.07) is 21.4. The third-order valence-electron chi connectivity index (χ3n) is 7.30. The van der Waals surface area contributed by atoms with E-state index in [2.05, 4.69) is 17.6 Å². The van der Waals surface area contributed by atoms with E-state index in [0.717, 1.165) is 40.8 Å². The summed E-state index contributed by atoms with van der Waals surface area (Å²) in [6.07, 6.45) is 1.95. The van der Waals surface area contributed by atoms with Gasteiger partial charge in [0.2, 0.25) is 5.91 Å². The highest BCUT2D eigenvalue weighted by Crippen LogP contribution is 2.28. The number of nitrogens with one attached hydrogen (secondary N) is 2. The van der Waals surface area contributed by atoms with Gasteiger partial charge in [-0.1, -0.05) is 93.1 Å². The molecule has 3 aromatic carbocycles. The molecule has 0 aliphatic rings. The number of carbonyl (C=O) groups excluding carboxylic acids is 3. The van der Waals surface area contributed by atoms with Gasteiger partial charge in [0.05, 0.1) is 0 Å². The summed E-state index contributed by atoms with van der Waals surface area (Å²) in [5.74, 6) is -0.647. The van der Waals surface area contributed by atoms with Crippen LogP contribution in [0.3, 0.4) is 0 Å². The van der Waals surface area contributed by atoms with Crippen molar-refractivity contribution in [1.29, 1.82) is 0 Å². The fourth-order valence-corrected chi connectivity index (χ4v) is 5.01. The molecule has 0 aliphatic carbocycles. The van der Waals surface area contributed by atoms with Gasteiger partial charge in [0.15, 0.2) is 0 Å². The van der Waals surface area contributed by atoms with Crippen molar-refractivity contribution in [3.8, 4) is 0 Å². The quantitative estimate of drug-likeness (QED) is 0.233. The number of hydrogen-bond donors (Lipinski definition) is 2. The normalized spacial score (nSPS) is 12.6. The Labute approximate surface area is 257 Å². The summed E-state index contributed by atoms with van der Waals surface area (Å²) < 4.78 is 5.54. The van der Waals surface area contributed by atoms with Crippen LogP contribution in [0, 0.1) is 13.8 Å². The van der Waals surface area contributed by atoms with Gasteiger partial charge in [-0.2, -0.15) is 0 Å². The van der Waals surface area contributed by atoms with Crippen molar-refractivity contribution in [1.82, 2.24) is 10.2 Å². The van der Waals surface area contributed by atoms with Crippen LogP contribution in [0.4, 0.5) is 10.5 Å². The standard InChI is InChI=1S/C36H47N3O4/c1-8-10-23-39(34(41)30(24-28-17-12-11-13-18-28)37-35(42)43-36(5,6)7)32(29-21-19-27(9-2)20-22-29)33(40)38-31-25(3)15-14-16-26(31)4/h11-22,30,32H,8-10,23-24H2,1-7H3,(H,37,42)(H,38,40). The zero-order chi connectivity index (χ0) is 31.6. The van der Waals surface area contributed by atoms with E-state index in [1.54, 1.807) is 25.7 Å². The van der Waals surface area contributed by atoms with Gasteiger partial charge < -0.3 is 20.3 Å². The maximum absolute atomic E-state index is 14.6. The average molecular weight is 586 g/mol. The maximum atomic E-state index is 14.6. The molecule has 0 aliphatic heterocycles. The van der Waals surface area contributed by atoms with Crippen LogP contribution in [-0.2, 0) is 27.2 Å². The van der Waals surface area contributed by atoms with Gasteiger partial charge in [0.25, 0.3) is 5.91 Å². The molecule has 2 N–H and O–H groups in total. The summed E-state index contributed by atoms with van der Waals surface area (Å²) in [5.41, 5.74) is 4.61. The minimum Gasteiger partial charge on any atom is -0.444 e. The number of rotatable bonds is 12. The fourth-order valence-electron chi connectivity index (χ4n) is 5.01. The first-order chi connectivity index (χ1) is 20.4. The maximum Gasteiger partial charge on any atom is 0.408 e. The Morgan fingerprint density at radius 3 is 2.02 bits per heavy atom. The topological polar surface area (TPSA) is 87.7 Å². The number of carbonyl (C=O) groups is 3. The molecule has 2 atom stereocenters. The highest BCUT2D eigenvalue weighted by molar-refractivity contribution is 6.00. The highest BCUT2D eigenvalue weighted by Gasteiger charge is 2.36. The second-order valence-corrected chi connectivity index (χ2v) is 12.0. The molecule has 0 saturated heterocycles. The highest BCUT2D eigenvalue weighted by atomic mass is 16.6. The van der Waals surface area contributed by atoms with Crippen molar-refractivity contribution < 1.29 is 19.1 Å². The third kappa shape index (κ3) is 9.70. The Hall–Kier alpha value is -4.13. The Morgan fingerprint density at radius 1 is 0.837 bits per heavy atom. The van der Waals surface area contributed by atoms with Crippen molar-refractivity contribution in [3.63, 3.8) is 0 Å². The summed E-state index contributed by atoms with van der Waals surface area (Å²) in [4.78, 5) is 43.4. The van der Waals surface area contributed by atoms with Crippen LogP contribution < -0.4 is 10.6 Å². The number of nitrogens with zero attached hydrogens (tertiary/aromatic N) is 1. The molecule has 230 valence electrons. The molecule has 7 nitrogen and oxygen atoms in total. The van der Waals surface area contributed by atoms with Crippen molar-refractivity contribution in [2.24, 2.45) is 0 Å². The molecule has 0 bridgehead atoms. The van der Waals surface area contributed by atoms with Crippen LogP contribution in [0.15, 0.2) is 72.8 Å². The van der Waals surface area contributed by atoms with Gasteiger partial charge in [0, 0.05) is 18.7 Å². The number of aryl methyl sites for hydroxylation is 3. The first kappa shape index (κ1) is 33.4. The number of hydrogen-bond acceptors (Lipinski definition) is 4. The van der Waals surface area contributed by atoms with E-state index in [1.807, 2.05) is 93.6 Å². The van der Waals surface area contributed by atoms with Crippen molar-refractivity contribution >= 4 is 23.6 Å². The largest absolute Gasteiger partial charge is 0.444 e. The molecule has 0 aromatic heterocycles. The summed E-state index contributed by atoms with van der Waals surface area (Å²) in [5, 5.41) is 5.96. The fraction of sp³-hybridized carbons (Fsp3) is 0.417. The molecule has 0 heterocycles. The van der Waals surface area contributed by atoms with Gasteiger partial charge in [0.1, 0.15) is 17.7 Å². The molecule has 3 aromatic rings. The lowest BCUT2D eigenvalue weighted by Gasteiger charge is -2.35. The van der Waals surface area contributed by atoms with E-state index >= 15 is 0 Å². The van der Waals surface area contributed by atoms with Gasteiger partial charge >= 0.3 is 6.09 Å². The first-order valence-corrected chi connectivity index (χ1v) is 15.2. The summed E-state index contributed by atoms with van der Waals surface area (Å²) in [7, 11) is 0. The average Bonchev–Trinajstić information content (AvgIpc) is 2.96. The van der Waals surface area contributed by atoms with Crippen LogP contribution in [0.2, 0.25) is 0 Å². The molecular weight excluding hydrogens is 538 g/mol. The van der Waals surface area contributed by atoms with E-state index in [-0.39, 0.29) is 18.2 Å². The van der Waals surface area contributed by atoms with Crippen molar-refractivity contribution in [2.75, 3.05) is 11.9 Å². The van der Waals surface area contributed by atoms with Crippen LogP contribution in [0.1, 0.15) is 81.3 Å². The zero-order valence-corrected chi connectivity index (χ0v) is 26.7. The molecule has 7 heteroatoms. The second kappa shape index (κ2) is 15.4. The van der Waals surface area contributed by atoms with E-state index in [4.69, 9.17) is 4.74 Å². The summed E-state index contributed by atoms with van der Waals surface area (Å²) >= 11 is 0. The van der Waals surface area contributed by atoms with Crippen LogP contribution >= 0.6 is 0 Å².